The molecular weight excluding hydrogens is 941 g/mol. The van der Waals surface area contributed by atoms with Gasteiger partial charge in [-0.15, -0.1) is 0 Å². The van der Waals surface area contributed by atoms with Crippen molar-refractivity contribution in [3.63, 3.8) is 0 Å². The second kappa shape index (κ2) is 26.2. The molecule has 6 rings (SSSR count). The van der Waals surface area contributed by atoms with E-state index in [1.54, 1.807) is 63.5 Å². The Kier molecular flexibility index (Phi) is 20.5. The third-order valence-corrected chi connectivity index (χ3v) is 12.6. The van der Waals surface area contributed by atoms with E-state index in [1.807, 2.05) is 104 Å². The van der Waals surface area contributed by atoms with E-state index >= 15 is 0 Å². The van der Waals surface area contributed by atoms with Gasteiger partial charge in [0.25, 0.3) is 0 Å². The molecule has 4 aromatic rings. The number of Topliss-reactive ketones (excluding diaryl/α,β-unsaturated/α-hetero) is 1. The summed E-state index contributed by atoms with van der Waals surface area (Å²) >= 11 is 0. The molecule has 2 fully saturated rings. The quantitative estimate of drug-likeness (QED) is 0.0931. The van der Waals surface area contributed by atoms with Gasteiger partial charge in [0, 0.05) is 59.2 Å². The Labute approximate surface area is 436 Å². The molecule has 0 spiro atoms. The number of amides is 5. The first kappa shape index (κ1) is 57.8. The van der Waals surface area contributed by atoms with E-state index in [2.05, 4.69) is 10.2 Å². The molecule has 6 atom stereocenters. The van der Waals surface area contributed by atoms with Crippen LogP contribution in [0.25, 0.3) is 4.85 Å². The average molecular weight is 1020 g/mol. The summed E-state index contributed by atoms with van der Waals surface area (Å²) in [6.07, 6.45) is -2.90. The molecule has 0 bridgehead atoms. The minimum Gasteiger partial charge on any atom is -0.444 e. The number of ketones is 1. The fourth-order valence-corrected chi connectivity index (χ4v) is 9.12. The predicted molar refractivity (Wildman–Crippen MR) is 281 cm³/mol. The summed E-state index contributed by atoms with van der Waals surface area (Å²) in [5.41, 5.74) is 3.56. The number of aliphatic hydroxyl groups excluding tert-OH is 2. The molecule has 0 radical (unpaired) electrons. The maximum absolute atomic E-state index is 13.9. The van der Waals surface area contributed by atoms with Crippen molar-refractivity contribution in [3.8, 4) is 0 Å². The second-order valence-electron chi connectivity index (χ2n) is 21.3. The van der Waals surface area contributed by atoms with E-state index in [-0.39, 0.29) is 48.9 Å². The van der Waals surface area contributed by atoms with E-state index in [1.165, 1.54) is 23.6 Å². The first-order chi connectivity index (χ1) is 34.9. The van der Waals surface area contributed by atoms with Crippen LogP contribution in [-0.2, 0) is 61.1 Å². The molecule has 16 heteroatoms. The number of benzene rings is 4. The summed E-state index contributed by atoms with van der Waals surface area (Å²) in [4.78, 5) is 86.8. The van der Waals surface area contributed by atoms with Crippen LogP contribution in [0.3, 0.4) is 0 Å². The largest absolute Gasteiger partial charge is 0.444 e. The molecule has 2 heterocycles. The van der Waals surface area contributed by atoms with Crippen LogP contribution in [0.5, 0.6) is 0 Å². The van der Waals surface area contributed by atoms with Crippen LogP contribution in [0.15, 0.2) is 109 Å². The number of ether oxygens (including phenoxy) is 2. The molecule has 0 saturated carbocycles. The lowest BCUT2D eigenvalue weighted by Crippen LogP contribution is -2.64. The van der Waals surface area contributed by atoms with Gasteiger partial charge < -0.3 is 39.6 Å². The smallest absolute Gasteiger partial charge is 0.411 e. The molecule has 74 heavy (non-hydrogen) atoms. The normalized spacial score (nSPS) is 17.7. The summed E-state index contributed by atoms with van der Waals surface area (Å²) < 4.78 is 11.2. The van der Waals surface area contributed by atoms with Gasteiger partial charge in [0.1, 0.15) is 29.1 Å². The van der Waals surface area contributed by atoms with Crippen molar-refractivity contribution >= 4 is 41.4 Å². The van der Waals surface area contributed by atoms with Crippen LogP contribution in [-0.4, -0.2) is 127 Å². The van der Waals surface area contributed by atoms with Gasteiger partial charge in [0.2, 0.25) is 17.7 Å². The zero-order valence-electron chi connectivity index (χ0n) is 44.3. The number of piperazine rings is 2. The van der Waals surface area contributed by atoms with Gasteiger partial charge in [-0.3, -0.25) is 24.2 Å². The number of nitrogens with one attached hydrogen (secondary N) is 1. The topological polar surface area (TPSA) is 191 Å². The Morgan fingerprint density at radius 2 is 1.08 bits per heavy atom. The highest BCUT2D eigenvalue weighted by molar-refractivity contribution is 5.89. The van der Waals surface area contributed by atoms with E-state index in [0.717, 1.165) is 27.8 Å². The van der Waals surface area contributed by atoms with Crippen LogP contribution >= 0.6 is 0 Å². The van der Waals surface area contributed by atoms with Crippen molar-refractivity contribution in [2.45, 2.75) is 137 Å². The van der Waals surface area contributed by atoms with Gasteiger partial charge in [-0.2, -0.15) is 0 Å². The van der Waals surface area contributed by atoms with E-state index in [0.29, 0.717) is 51.3 Å². The Hall–Kier alpha value is -7.09. The molecular formula is C58H74N6O10. The highest BCUT2D eigenvalue weighted by atomic mass is 16.6. The van der Waals surface area contributed by atoms with Gasteiger partial charge >= 0.3 is 12.2 Å². The Bertz CT molecular complexity index is 2590. The fraction of sp³-hybridized carbons (Fsp3) is 0.466. The molecule has 0 aromatic heterocycles. The van der Waals surface area contributed by atoms with Gasteiger partial charge in [-0.25, -0.2) is 14.4 Å². The van der Waals surface area contributed by atoms with E-state index in [9.17, 15) is 39.0 Å². The number of nitrogens with zero attached hydrogens (tertiary/aromatic N) is 5. The van der Waals surface area contributed by atoms with E-state index in [4.69, 9.17) is 16.0 Å². The number of rotatable bonds is 16. The minimum atomic E-state index is -1.32. The van der Waals surface area contributed by atoms with Crippen molar-refractivity contribution in [1.82, 2.24) is 24.9 Å². The molecule has 5 amide bonds. The third kappa shape index (κ3) is 17.3. The second-order valence-corrected chi connectivity index (χ2v) is 21.3. The number of hydrogen-bond donors (Lipinski definition) is 3. The van der Waals surface area contributed by atoms with Crippen molar-refractivity contribution in [3.05, 3.63) is 148 Å². The fourth-order valence-electron chi connectivity index (χ4n) is 9.12. The number of carbonyl (C=O) groups excluding carboxylic acids is 6. The summed E-state index contributed by atoms with van der Waals surface area (Å²) in [5, 5.41) is 25.9. The first-order valence-corrected chi connectivity index (χ1v) is 25.2. The molecule has 2 saturated heterocycles. The Morgan fingerprint density at radius 3 is 1.54 bits per heavy atom. The molecule has 0 aliphatic carbocycles. The average Bonchev–Trinajstić information content (AvgIpc) is 3.33. The summed E-state index contributed by atoms with van der Waals surface area (Å²) in [6, 6.07) is 31.7. The zero-order valence-corrected chi connectivity index (χ0v) is 44.3. The lowest BCUT2D eigenvalue weighted by atomic mass is 9.84. The SMILES string of the molecule is CC(=O)C[C@@H](Cc1cccc(CNC(C)=O)c1)[C@H](O)[C@H]1C(=O)N(Cc2ccccc2)CCN1C(=O)OC(C)(C)C.[C-]#[N+]c1cccc(C[C@H](C)[C@H](O)[C@H]2C(=O)N(Cc3ccccc3)CCN2C(=O)OC(C)(C)C)c1. The van der Waals surface area contributed by atoms with Crippen molar-refractivity contribution in [2.75, 3.05) is 26.2 Å². The molecule has 2 aliphatic heterocycles. The van der Waals surface area contributed by atoms with Crippen LogP contribution in [0.2, 0.25) is 0 Å². The summed E-state index contributed by atoms with van der Waals surface area (Å²) in [7, 11) is 0. The monoisotopic (exact) mass is 1010 g/mol. The van der Waals surface area contributed by atoms with Gasteiger partial charge in [-0.1, -0.05) is 122 Å². The molecule has 0 unspecified atom stereocenters. The number of aliphatic hydroxyl groups is 2. The lowest BCUT2D eigenvalue weighted by Gasteiger charge is -2.44. The molecule has 3 N–H and O–H groups in total. The number of hydrogen-bond acceptors (Lipinski definition) is 10. The van der Waals surface area contributed by atoms with Crippen LogP contribution in [0.1, 0.15) is 96.6 Å². The Balaban J connectivity index is 0.000000278. The molecule has 16 nitrogen and oxygen atoms in total. The van der Waals surface area contributed by atoms with Gasteiger partial charge in [0.15, 0.2) is 5.69 Å². The van der Waals surface area contributed by atoms with Crippen LogP contribution < -0.4 is 5.32 Å². The van der Waals surface area contributed by atoms with Crippen LogP contribution in [0, 0.1) is 18.4 Å². The van der Waals surface area contributed by atoms with E-state index < -0.39 is 53.6 Å². The van der Waals surface area contributed by atoms with Crippen LogP contribution in [0.4, 0.5) is 15.3 Å². The molecule has 4 aromatic carbocycles. The Morgan fingerprint density at radius 1 is 0.635 bits per heavy atom. The van der Waals surface area contributed by atoms with Crippen molar-refractivity contribution in [2.24, 2.45) is 11.8 Å². The number of carbonyl (C=O) groups is 6. The molecule has 396 valence electrons. The summed E-state index contributed by atoms with van der Waals surface area (Å²) in [5.74, 6) is -1.93. The maximum atomic E-state index is 13.9. The highest BCUT2D eigenvalue weighted by Crippen LogP contribution is 2.29. The molecule has 2 aliphatic rings. The predicted octanol–water partition coefficient (Wildman–Crippen LogP) is 7.89. The highest BCUT2D eigenvalue weighted by Gasteiger charge is 2.47. The minimum absolute atomic E-state index is 0.0295. The standard InChI is InChI=1S/C31H41N3O6.C27H33N3O4/c1-21(35)16-26(18-24-12-9-13-25(17-24)19-32-22(2)36)28(37)27-29(38)33(20-23-10-7-6-8-11-23)14-15-34(27)30(39)40-31(3,4)5;1-19(16-21-12-9-13-22(17-21)28-5)24(31)23-25(32)29(18-20-10-7-6-8-11-20)14-15-30(23)26(33)34-27(2,3)4/h6-13,17,26-28,37H,14-16,18-20H2,1-5H3,(H,32,36);6-13,17,19,23-24,31H,14-16,18H2,1-4H3/t26-,27-,28-;19-,23-,24-/m00/s1. The first-order valence-electron chi connectivity index (χ1n) is 25.2. The van der Waals surface area contributed by atoms with Crippen molar-refractivity contribution < 1.29 is 48.5 Å². The van der Waals surface area contributed by atoms with Gasteiger partial charge in [-0.05, 0) is 95.4 Å². The summed E-state index contributed by atoms with van der Waals surface area (Å²) in [6.45, 7) is 24.7. The van der Waals surface area contributed by atoms with Crippen molar-refractivity contribution in [1.29, 1.82) is 0 Å². The third-order valence-electron chi connectivity index (χ3n) is 12.6. The lowest BCUT2D eigenvalue weighted by molar-refractivity contribution is -0.150. The zero-order chi connectivity index (χ0) is 54.3. The van der Waals surface area contributed by atoms with Gasteiger partial charge in [0.05, 0.1) is 18.8 Å². The maximum Gasteiger partial charge on any atom is 0.411 e.